The number of ether oxygens (including phenoxy) is 1. The van der Waals surface area contributed by atoms with E-state index in [0.29, 0.717) is 6.10 Å². The largest absolute Gasteiger partial charge is 0.376 e. The van der Waals surface area contributed by atoms with E-state index in [4.69, 9.17) is 4.74 Å². The number of hydrogen-bond donors (Lipinski definition) is 2. The lowest BCUT2D eigenvalue weighted by Gasteiger charge is -2.15. The summed E-state index contributed by atoms with van der Waals surface area (Å²) in [6, 6.07) is 0. The summed E-state index contributed by atoms with van der Waals surface area (Å²) in [6.07, 6.45) is 11.2. The van der Waals surface area contributed by atoms with Crippen molar-refractivity contribution in [3.05, 3.63) is 0 Å². The lowest BCUT2D eigenvalue weighted by atomic mass is 10.0. The SMILES string of the molecule is CN=C(NCCCC1CCCC1)NCC1CCCO1. The molecule has 1 heterocycles. The molecule has 0 aromatic carbocycles. The summed E-state index contributed by atoms with van der Waals surface area (Å²) in [5.41, 5.74) is 0. The topological polar surface area (TPSA) is 45.7 Å². The maximum Gasteiger partial charge on any atom is 0.191 e. The van der Waals surface area contributed by atoms with Gasteiger partial charge in [0.25, 0.3) is 0 Å². The van der Waals surface area contributed by atoms with E-state index < -0.39 is 0 Å². The minimum absolute atomic E-state index is 0.372. The molecule has 2 rings (SSSR count). The van der Waals surface area contributed by atoms with Crippen LogP contribution in [-0.4, -0.2) is 38.8 Å². The lowest BCUT2D eigenvalue weighted by molar-refractivity contribution is 0.114. The molecular formula is C15H29N3O. The third-order valence-electron chi connectivity index (χ3n) is 4.30. The average molecular weight is 267 g/mol. The molecule has 1 saturated heterocycles. The van der Waals surface area contributed by atoms with Crippen LogP contribution in [0.15, 0.2) is 4.99 Å². The molecule has 4 heteroatoms. The molecule has 0 bridgehead atoms. The first-order valence-electron chi connectivity index (χ1n) is 7.94. The van der Waals surface area contributed by atoms with Gasteiger partial charge in [0.15, 0.2) is 5.96 Å². The normalized spacial score (nSPS) is 24.9. The van der Waals surface area contributed by atoms with Gasteiger partial charge in [0.1, 0.15) is 0 Å². The fourth-order valence-electron chi connectivity index (χ4n) is 3.13. The molecule has 2 fully saturated rings. The first kappa shape index (κ1) is 14.6. The van der Waals surface area contributed by atoms with Crippen LogP contribution in [0.5, 0.6) is 0 Å². The Kier molecular flexibility index (Phi) is 6.48. The Bertz CT molecular complexity index is 269. The van der Waals surface area contributed by atoms with Crippen molar-refractivity contribution < 1.29 is 4.74 Å². The van der Waals surface area contributed by atoms with Crippen LogP contribution >= 0.6 is 0 Å². The van der Waals surface area contributed by atoms with Gasteiger partial charge in [0.2, 0.25) is 0 Å². The van der Waals surface area contributed by atoms with Crippen molar-refractivity contribution in [3.8, 4) is 0 Å². The molecule has 4 nitrogen and oxygen atoms in total. The Labute approximate surface area is 117 Å². The number of guanidine groups is 1. The van der Waals surface area contributed by atoms with Gasteiger partial charge < -0.3 is 15.4 Å². The number of rotatable bonds is 6. The van der Waals surface area contributed by atoms with E-state index in [9.17, 15) is 0 Å². The maximum absolute atomic E-state index is 5.60. The van der Waals surface area contributed by atoms with Crippen LogP contribution < -0.4 is 10.6 Å². The third-order valence-corrected chi connectivity index (χ3v) is 4.30. The highest BCUT2D eigenvalue weighted by atomic mass is 16.5. The molecule has 19 heavy (non-hydrogen) atoms. The van der Waals surface area contributed by atoms with Gasteiger partial charge in [0, 0.05) is 26.7 Å². The number of hydrogen-bond acceptors (Lipinski definition) is 2. The molecular weight excluding hydrogens is 238 g/mol. The third kappa shape index (κ3) is 5.39. The minimum Gasteiger partial charge on any atom is -0.376 e. The van der Waals surface area contributed by atoms with E-state index in [-0.39, 0.29) is 0 Å². The summed E-state index contributed by atoms with van der Waals surface area (Å²) >= 11 is 0. The van der Waals surface area contributed by atoms with Gasteiger partial charge in [-0.2, -0.15) is 0 Å². The zero-order valence-electron chi connectivity index (χ0n) is 12.3. The molecule has 1 atom stereocenters. The number of nitrogens with one attached hydrogen (secondary N) is 2. The van der Waals surface area contributed by atoms with Crippen molar-refractivity contribution in [2.45, 2.75) is 57.5 Å². The predicted octanol–water partition coefficient (Wildman–Crippen LogP) is 2.30. The van der Waals surface area contributed by atoms with Crippen LogP contribution in [0.4, 0.5) is 0 Å². The first-order valence-corrected chi connectivity index (χ1v) is 7.94. The van der Waals surface area contributed by atoms with Crippen molar-refractivity contribution in [3.63, 3.8) is 0 Å². The Hall–Kier alpha value is -0.770. The quantitative estimate of drug-likeness (QED) is 0.441. The van der Waals surface area contributed by atoms with Crippen molar-refractivity contribution in [1.82, 2.24) is 10.6 Å². The van der Waals surface area contributed by atoms with Gasteiger partial charge in [0.05, 0.1) is 6.10 Å². The van der Waals surface area contributed by atoms with E-state index >= 15 is 0 Å². The molecule has 0 aromatic rings. The van der Waals surface area contributed by atoms with E-state index in [1.54, 1.807) is 0 Å². The molecule has 2 aliphatic rings. The Balaban J connectivity index is 1.51. The molecule has 0 spiro atoms. The monoisotopic (exact) mass is 267 g/mol. The van der Waals surface area contributed by atoms with Gasteiger partial charge in [-0.1, -0.05) is 25.7 Å². The fraction of sp³-hybridized carbons (Fsp3) is 0.933. The van der Waals surface area contributed by atoms with Crippen molar-refractivity contribution in [2.75, 3.05) is 26.7 Å². The van der Waals surface area contributed by atoms with Crippen molar-refractivity contribution in [2.24, 2.45) is 10.9 Å². The average Bonchev–Trinajstić information content (AvgIpc) is 3.11. The summed E-state index contributed by atoms with van der Waals surface area (Å²) in [5, 5.41) is 6.75. The van der Waals surface area contributed by atoms with Gasteiger partial charge >= 0.3 is 0 Å². The predicted molar refractivity (Wildman–Crippen MR) is 79.5 cm³/mol. The lowest BCUT2D eigenvalue weighted by Crippen LogP contribution is -2.41. The second-order valence-corrected chi connectivity index (χ2v) is 5.81. The highest BCUT2D eigenvalue weighted by Crippen LogP contribution is 2.28. The molecule has 0 radical (unpaired) electrons. The second-order valence-electron chi connectivity index (χ2n) is 5.81. The molecule has 0 amide bonds. The van der Waals surface area contributed by atoms with Crippen LogP contribution in [0.25, 0.3) is 0 Å². The van der Waals surface area contributed by atoms with Crippen LogP contribution in [-0.2, 0) is 4.74 Å². The maximum atomic E-state index is 5.60. The highest BCUT2D eigenvalue weighted by Gasteiger charge is 2.16. The first-order chi connectivity index (χ1) is 9.38. The minimum atomic E-state index is 0.372. The molecule has 0 aromatic heterocycles. The van der Waals surface area contributed by atoms with E-state index in [1.807, 2.05) is 7.05 Å². The second kappa shape index (κ2) is 8.41. The summed E-state index contributed by atoms with van der Waals surface area (Å²) in [7, 11) is 1.84. The van der Waals surface area contributed by atoms with Gasteiger partial charge in [-0.05, 0) is 31.6 Å². The highest BCUT2D eigenvalue weighted by molar-refractivity contribution is 5.79. The molecule has 110 valence electrons. The number of aliphatic imine (C=N–C) groups is 1. The van der Waals surface area contributed by atoms with Crippen LogP contribution in [0.2, 0.25) is 0 Å². The van der Waals surface area contributed by atoms with Crippen LogP contribution in [0.3, 0.4) is 0 Å². The summed E-state index contributed by atoms with van der Waals surface area (Å²) in [5.74, 6) is 1.91. The van der Waals surface area contributed by atoms with Crippen molar-refractivity contribution >= 4 is 5.96 Å². The Morgan fingerprint density at radius 1 is 1.16 bits per heavy atom. The van der Waals surface area contributed by atoms with Gasteiger partial charge in [-0.25, -0.2) is 0 Å². The smallest absolute Gasteiger partial charge is 0.191 e. The number of nitrogens with zero attached hydrogens (tertiary/aromatic N) is 1. The zero-order chi connectivity index (χ0) is 13.3. The van der Waals surface area contributed by atoms with Crippen LogP contribution in [0.1, 0.15) is 51.4 Å². The van der Waals surface area contributed by atoms with Crippen LogP contribution in [0, 0.1) is 5.92 Å². The molecule has 2 N–H and O–H groups in total. The van der Waals surface area contributed by atoms with Gasteiger partial charge in [-0.15, -0.1) is 0 Å². The Morgan fingerprint density at radius 2 is 2.00 bits per heavy atom. The Morgan fingerprint density at radius 3 is 2.68 bits per heavy atom. The molecule has 1 saturated carbocycles. The standard InChI is InChI=1S/C15H29N3O/c1-16-15(18-12-14-9-5-11-19-14)17-10-4-8-13-6-2-3-7-13/h13-14H,2-12H2,1H3,(H2,16,17,18). The van der Waals surface area contributed by atoms with E-state index in [2.05, 4.69) is 15.6 Å². The zero-order valence-corrected chi connectivity index (χ0v) is 12.3. The molecule has 1 unspecified atom stereocenters. The summed E-state index contributed by atoms with van der Waals surface area (Å²) < 4.78 is 5.60. The van der Waals surface area contributed by atoms with Gasteiger partial charge in [-0.3, -0.25) is 4.99 Å². The van der Waals surface area contributed by atoms with E-state index in [1.165, 1.54) is 51.4 Å². The molecule has 1 aliphatic heterocycles. The summed E-state index contributed by atoms with van der Waals surface area (Å²) in [4.78, 5) is 4.26. The molecule has 1 aliphatic carbocycles. The van der Waals surface area contributed by atoms with E-state index in [0.717, 1.165) is 31.6 Å². The fourth-order valence-corrected chi connectivity index (χ4v) is 3.13. The van der Waals surface area contributed by atoms with Crippen molar-refractivity contribution in [1.29, 1.82) is 0 Å². The summed E-state index contributed by atoms with van der Waals surface area (Å²) in [6.45, 7) is 2.82.